The maximum absolute atomic E-state index is 12.6. The van der Waals surface area contributed by atoms with Crippen molar-refractivity contribution in [1.82, 2.24) is 15.1 Å². The van der Waals surface area contributed by atoms with E-state index in [1.165, 1.54) is 11.1 Å². The molecule has 21 heavy (non-hydrogen) atoms. The lowest BCUT2D eigenvalue weighted by atomic mass is 9.98. The minimum Gasteiger partial charge on any atom is -0.336 e. The topological polar surface area (TPSA) is 35.6 Å². The van der Waals surface area contributed by atoms with E-state index in [2.05, 4.69) is 28.3 Å². The molecule has 0 aliphatic carbocycles. The average molecular weight is 283 g/mol. The van der Waals surface area contributed by atoms with Crippen molar-refractivity contribution >= 4 is 5.91 Å². The Balaban J connectivity index is 1.67. The highest BCUT2D eigenvalue weighted by Gasteiger charge is 2.22. The van der Waals surface area contributed by atoms with E-state index in [0.29, 0.717) is 6.54 Å². The fourth-order valence-electron chi connectivity index (χ4n) is 3.03. The Hall–Kier alpha value is -1.83. The van der Waals surface area contributed by atoms with Crippen LogP contribution in [-0.4, -0.2) is 55.0 Å². The third-order valence-electron chi connectivity index (χ3n) is 4.31. The molecule has 0 unspecified atom stereocenters. The summed E-state index contributed by atoms with van der Waals surface area (Å²) in [5.41, 5.74) is 3.44. The summed E-state index contributed by atoms with van der Waals surface area (Å²) in [7, 11) is 0. The summed E-state index contributed by atoms with van der Waals surface area (Å²) in [5, 5.41) is 3.36. The zero-order valence-electron chi connectivity index (χ0n) is 12.3. The highest BCUT2D eigenvalue weighted by atomic mass is 16.2. The van der Waals surface area contributed by atoms with E-state index < -0.39 is 0 Å². The molecule has 1 aromatic carbocycles. The van der Waals surface area contributed by atoms with Gasteiger partial charge in [0.2, 0.25) is 0 Å². The van der Waals surface area contributed by atoms with E-state index in [9.17, 15) is 4.79 Å². The second-order valence-corrected chi connectivity index (χ2v) is 5.68. The van der Waals surface area contributed by atoms with Crippen LogP contribution in [0.4, 0.5) is 0 Å². The average Bonchev–Trinajstić information content (AvgIpc) is 2.55. The van der Waals surface area contributed by atoms with Gasteiger partial charge >= 0.3 is 0 Å². The van der Waals surface area contributed by atoms with E-state index in [0.717, 1.165) is 51.3 Å². The molecule has 0 atom stereocenters. The highest BCUT2D eigenvalue weighted by Crippen LogP contribution is 2.17. The Labute approximate surface area is 126 Å². The minimum atomic E-state index is 0.142. The number of hydrogen-bond donors (Lipinski definition) is 1. The highest BCUT2D eigenvalue weighted by molar-refractivity contribution is 5.94. The van der Waals surface area contributed by atoms with Crippen LogP contribution >= 0.6 is 0 Å². The molecule has 0 radical (unpaired) electrons. The van der Waals surface area contributed by atoms with Gasteiger partial charge in [-0.25, -0.2) is 0 Å². The lowest BCUT2D eigenvalue weighted by Crippen LogP contribution is -2.48. The van der Waals surface area contributed by atoms with Crippen molar-refractivity contribution in [3.63, 3.8) is 0 Å². The maximum Gasteiger partial charge on any atom is 0.253 e. The number of hydrogen-bond acceptors (Lipinski definition) is 3. The minimum absolute atomic E-state index is 0.142. The Bertz CT molecular complexity index is 568. The number of carbonyl (C=O) groups excluding carboxylic acids is 1. The second kappa shape index (κ2) is 6.30. The maximum atomic E-state index is 12.6. The van der Waals surface area contributed by atoms with Crippen LogP contribution in [0.15, 0.2) is 18.2 Å². The molecule has 0 bridgehead atoms. The van der Waals surface area contributed by atoms with Crippen molar-refractivity contribution in [2.24, 2.45) is 0 Å². The Morgan fingerprint density at radius 3 is 2.81 bits per heavy atom. The fourth-order valence-corrected chi connectivity index (χ4v) is 3.03. The summed E-state index contributed by atoms with van der Waals surface area (Å²) in [4.78, 5) is 16.7. The summed E-state index contributed by atoms with van der Waals surface area (Å²) in [6.45, 7) is 5.81. The van der Waals surface area contributed by atoms with Gasteiger partial charge < -0.3 is 10.2 Å². The van der Waals surface area contributed by atoms with Crippen LogP contribution in [-0.2, 0) is 13.0 Å². The molecular weight excluding hydrogens is 262 g/mol. The smallest absolute Gasteiger partial charge is 0.253 e. The van der Waals surface area contributed by atoms with E-state index >= 15 is 0 Å². The van der Waals surface area contributed by atoms with Crippen molar-refractivity contribution in [3.05, 3.63) is 34.9 Å². The van der Waals surface area contributed by atoms with Crippen LogP contribution in [0.1, 0.15) is 21.5 Å². The van der Waals surface area contributed by atoms with Gasteiger partial charge in [-0.05, 0) is 36.2 Å². The van der Waals surface area contributed by atoms with Crippen LogP contribution in [0, 0.1) is 12.3 Å². The summed E-state index contributed by atoms with van der Waals surface area (Å²) >= 11 is 0. The Kier molecular flexibility index (Phi) is 4.23. The van der Waals surface area contributed by atoms with Crippen molar-refractivity contribution < 1.29 is 4.79 Å². The lowest BCUT2D eigenvalue weighted by molar-refractivity contribution is 0.0652. The van der Waals surface area contributed by atoms with Gasteiger partial charge in [-0.2, -0.15) is 0 Å². The van der Waals surface area contributed by atoms with E-state index in [1.807, 2.05) is 11.0 Å². The molecule has 0 aromatic heterocycles. The Morgan fingerprint density at radius 1 is 1.24 bits per heavy atom. The van der Waals surface area contributed by atoms with Gasteiger partial charge in [0, 0.05) is 38.3 Å². The quantitative estimate of drug-likeness (QED) is 0.813. The summed E-state index contributed by atoms with van der Waals surface area (Å²) in [6, 6.07) is 6.13. The van der Waals surface area contributed by atoms with Gasteiger partial charge in [0.25, 0.3) is 5.91 Å². The molecule has 1 amide bonds. The molecule has 1 aromatic rings. The number of piperazine rings is 1. The molecule has 4 heteroatoms. The monoisotopic (exact) mass is 283 g/mol. The standard InChI is InChI=1S/C17H21N3O/c1-2-7-19-8-10-20(11-9-19)17(21)15-4-3-14-5-6-18-13-16(14)12-15/h1,3-4,12,18H,5-11,13H2. The number of carbonyl (C=O) groups is 1. The molecule has 4 nitrogen and oxygen atoms in total. The van der Waals surface area contributed by atoms with Gasteiger partial charge in [-0.15, -0.1) is 6.42 Å². The molecule has 1 saturated heterocycles. The molecule has 3 rings (SSSR count). The number of benzene rings is 1. The van der Waals surface area contributed by atoms with Gasteiger partial charge in [-0.1, -0.05) is 12.0 Å². The van der Waals surface area contributed by atoms with Crippen LogP contribution in [0.2, 0.25) is 0 Å². The zero-order valence-corrected chi connectivity index (χ0v) is 12.3. The largest absolute Gasteiger partial charge is 0.336 e. The number of amides is 1. The van der Waals surface area contributed by atoms with Crippen molar-refractivity contribution in [3.8, 4) is 12.3 Å². The molecule has 2 heterocycles. The fraction of sp³-hybridized carbons (Fsp3) is 0.471. The SMILES string of the molecule is C#CCN1CCN(C(=O)c2ccc3c(c2)CNCC3)CC1. The molecule has 2 aliphatic rings. The van der Waals surface area contributed by atoms with Crippen LogP contribution in [0.5, 0.6) is 0 Å². The van der Waals surface area contributed by atoms with Crippen molar-refractivity contribution in [1.29, 1.82) is 0 Å². The molecule has 1 fully saturated rings. The first-order chi connectivity index (χ1) is 10.3. The number of nitrogens with one attached hydrogen (secondary N) is 1. The predicted octanol–water partition coefficient (Wildman–Crippen LogP) is 0.723. The third kappa shape index (κ3) is 3.10. The molecule has 0 saturated carbocycles. The second-order valence-electron chi connectivity index (χ2n) is 5.68. The molecule has 0 spiro atoms. The van der Waals surface area contributed by atoms with Gasteiger partial charge in [0.05, 0.1) is 6.54 Å². The zero-order chi connectivity index (χ0) is 14.7. The first kappa shape index (κ1) is 14.1. The van der Waals surface area contributed by atoms with Crippen LogP contribution in [0.25, 0.3) is 0 Å². The van der Waals surface area contributed by atoms with E-state index in [-0.39, 0.29) is 5.91 Å². The number of terminal acetylenes is 1. The van der Waals surface area contributed by atoms with E-state index in [4.69, 9.17) is 6.42 Å². The number of nitrogens with zero attached hydrogens (tertiary/aromatic N) is 2. The molecular formula is C17H21N3O. The van der Waals surface area contributed by atoms with E-state index in [1.54, 1.807) is 0 Å². The summed E-state index contributed by atoms with van der Waals surface area (Å²) in [6.07, 6.45) is 6.38. The van der Waals surface area contributed by atoms with Gasteiger partial charge in [-0.3, -0.25) is 9.69 Å². The molecule has 2 aliphatic heterocycles. The van der Waals surface area contributed by atoms with Crippen LogP contribution < -0.4 is 5.32 Å². The summed E-state index contributed by atoms with van der Waals surface area (Å²) < 4.78 is 0. The summed E-state index contributed by atoms with van der Waals surface area (Å²) in [5.74, 6) is 2.81. The lowest BCUT2D eigenvalue weighted by Gasteiger charge is -2.34. The van der Waals surface area contributed by atoms with Crippen molar-refractivity contribution in [2.45, 2.75) is 13.0 Å². The number of rotatable bonds is 2. The van der Waals surface area contributed by atoms with Gasteiger partial charge in [0.1, 0.15) is 0 Å². The first-order valence-electron chi connectivity index (χ1n) is 7.55. The molecule has 1 N–H and O–H groups in total. The number of fused-ring (bicyclic) bond motifs is 1. The van der Waals surface area contributed by atoms with Crippen LogP contribution in [0.3, 0.4) is 0 Å². The third-order valence-corrected chi connectivity index (χ3v) is 4.31. The molecule has 110 valence electrons. The van der Waals surface area contributed by atoms with Crippen molar-refractivity contribution in [2.75, 3.05) is 39.3 Å². The van der Waals surface area contributed by atoms with Gasteiger partial charge in [0.15, 0.2) is 0 Å². The Morgan fingerprint density at radius 2 is 2.05 bits per heavy atom. The normalized spacial score (nSPS) is 18.9. The predicted molar refractivity (Wildman–Crippen MR) is 83.0 cm³/mol. The first-order valence-corrected chi connectivity index (χ1v) is 7.55.